The van der Waals surface area contributed by atoms with Gasteiger partial charge in [-0.15, -0.1) is 0 Å². The Balaban J connectivity index is 1.75. The standard InChI is InChI=1S/C22H23N5O5/c1-15(28)20(26-13-21(27(30)31)23-16(26)2)11-17-12-25(19-6-4-3-5-18(17)19)14-22(29)24-7-9-32-10-8-24/h3-6,11-13H,7-10,14H2,1-2H3/b20-11-. The molecule has 3 aromatic rings. The van der Waals surface area contributed by atoms with Crippen LogP contribution in [0.3, 0.4) is 0 Å². The van der Waals surface area contributed by atoms with Gasteiger partial charge in [0.05, 0.1) is 18.9 Å². The summed E-state index contributed by atoms with van der Waals surface area (Å²) in [5, 5.41) is 12.0. The molecule has 10 nitrogen and oxygen atoms in total. The maximum Gasteiger partial charge on any atom is 0.382 e. The Kier molecular flexibility index (Phi) is 5.87. The maximum atomic E-state index is 12.8. The zero-order chi connectivity index (χ0) is 22.8. The number of fused-ring (bicyclic) bond motifs is 1. The number of ketones is 1. The number of imidazole rings is 1. The molecule has 0 spiro atoms. The van der Waals surface area contributed by atoms with E-state index in [0.29, 0.717) is 32.1 Å². The number of benzene rings is 1. The maximum absolute atomic E-state index is 12.8. The van der Waals surface area contributed by atoms with E-state index in [-0.39, 0.29) is 29.8 Å². The van der Waals surface area contributed by atoms with E-state index < -0.39 is 4.92 Å². The van der Waals surface area contributed by atoms with Crippen LogP contribution in [0.5, 0.6) is 0 Å². The van der Waals surface area contributed by atoms with E-state index in [4.69, 9.17) is 4.74 Å². The molecule has 1 aliphatic rings. The number of rotatable bonds is 6. The molecule has 0 saturated carbocycles. The van der Waals surface area contributed by atoms with Crippen LogP contribution in [0.4, 0.5) is 5.82 Å². The third-order valence-corrected chi connectivity index (χ3v) is 5.46. The second kappa shape index (κ2) is 8.75. The fourth-order valence-corrected chi connectivity index (χ4v) is 3.86. The molecule has 0 N–H and O–H groups in total. The zero-order valence-corrected chi connectivity index (χ0v) is 17.9. The first kappa shape index (κ1) is 21.4. The first-order chi connectivity index (χ1) is 15.3. The Hall–Kier alpha value is -3.79. The molecule has 1 amide bonds. The van der Waals surface area contributed by atoms with Gasteiger partial charge in [0.1, 0.15) is 12.7 Å². The minimum Gasteiger partial charge on any atom is -0.378 e. The molecule has 1 saturated heterocycles. The molecular formula is C22H23N5O5. The van der Waals surface area contributed by atoms with Crippen molar-refractivity contribution in [1.29, 1.82) is 0 Å². The minimum atomic E-state index is -0.593. The van der Waals surface area contributed by atoms with Crippen LogP contribution in [0.2, 0.25) is 0 Å². The average molecular weight is 437 g/mol. The number of aromatic nitrogens is 3. The number of hydrogen-bond acceptors (Lipinski definition) is 6. The number of nitrogens with zero attached hydrogens (tertiary/aromatic N) is 5. The average Bonchev–Trinajstić information content (AvgIpc) is 3.33. The second-order valence-corrected chi connectivity index (χ2v) is 7.58. The third-order valence-electron chi connectivity index (χ3n) is 5.46. The van der Waals surface area contributed by atoms with Crippen LogP contribution >= 0.6 is 0 Å². The molecule has 2 aromatic heterocycles. The van der Waals surface area contributed by atoms with Gasteiger partial charge in [0, 0.05) is 49.6 Å². The summed E-state index contributed by atoms with van der Waals surface area (Å²) in [5.74, 6) is -0.253. The summed E-state index contributed by atoms with van der Waals surface area (Å²) in [6.07, 6.45) is 4.75. The van der Waals surface area contributed by atoms with E-state index in [2.05, 4.69) is 4.98 Å². The van der Waals surface area contributed by atoms with Crippen molar-refractivity contribution in [2.45, 2.75) is 20.4 Å². The Morgan fingerprint density at radius 2 is 1.94 bits per heavy atom. The fourth-order valence-electron chi connectivity index (χ4n) is 3.86. The molecule has 166 valence electrons. The number of hydrogen-bond donors (Lipinski definition) is 0. The van der Waals surface area contributed by atoms with Gasteiger partial charge in [-0.2, -0.15) is 0 Å². The molecule has 1 aromatic carbocycles. The van der Waals surface area contributed by atoms with Gasteiger partial charge >= 0.3 is 5.82 Å². The SMILES string of the molecule is CC(=O)/C(=C/c1cn(CC(=O)N2CCOCC2)c2ccccc12)n1cc([N+](=O)[O-])nc1C. The van der Waals surface area contributed by atoms with Gasteiger partial charge in [0.2, 0.25) is 11.7 Å². The second-order valence-electron chi connectivity index (χ2n) is 7.58. The van der Waals surface area contributed by atoms with Crippen molar-refractivity contribution < 1.29 is 19.2 Å². The normalized spacial score (nSPS) is 14.7. The molecule has 0 radical (unpaired) electrons. The largest absolute Gasteiger partial charge is 0.382 e. The van der Waals surface area contributed by atoms with Gasteiger partial charge in [-0.1, -0.05) is 18.2 Å². The summed E-state index contributed by atoms with van der Waals surface area (Å²) in [6, 6.07) is 7.60. The van der Waals surface area contributed by atoms with E-state index in [1.165, 1.54) is 17.7 Å². The number of carbonyl (C=O) groups is 2. The molecule has 10 heteroatoms. The molecular weight excluding hydrogens is 414 g/mol. The lowest BCUT2D eigenvalue weighted by atomic mass is 10.1. The van der Waals surface area contributed by atoms with E-state index in [0.717, 1.165) is 16.5 Å². The molecule has 1 fully saturated rings. The van der Waals surface area contributed by atoms with Crippen molar-refractivity contribution in [3.8, 4) is 0 Å². The van der Waals surface area contributed by atoms with Crippen LogP contribution in [-0.2, 0) is 20.9 Å². The number of nitro groups is 1. The van der Waals surface area contributed by atoms with Crippen LogP contribution in [-0.4, -0.2) is 61.9 Å². The van der Waals surface area contributed by atoms with Gasteiger partial charge < -0.3 is 24.3 Å². The van der Waals surface area contributed by atoms with Crippen molar-refractivity contribution in [1.82, 2.24) is 19.0 Å². The van der Waals surface area contributed by atoms with E-state index in [9.17, 15) is 19.7 Å². The van der Waals surface area contributed by atoms with Crippen molar-refractivity contribution in [3.63, 3.8) is 0 Å². The highest BCUT2D eigenvalue weighted by molar-refractivity contribution is 6.19. The number of aryl methyl sites for hydroxylation is 1. The number of amides is 1. The highest BCUT2D eigenvalue weighted by Crippen LogP contribution is 2.26. The van der Waals surface area contributed by atoms with Crippen LogP contribution in [0, 0.1) is 17.0 Å². The van der Waals surface area contributed by atoms with Crippen LogP contribution in [0.25, 0.3) is 22.7 Å². The summed E-state index contributed by atoms with van der Waals surface area (Å²) in [5.41, 5.74) is 1.85. The van der Waals surface area contributed by atoms with E-state index in [1.807, 2.05) is 35.0 Å². The lowest BCUT2D eigenvalue weighted by Gasteiger charge is -2.27. The van der Waals surface area contributed by atoms with Crippen LogP contribution in [0.1, 0.15) is 18.3 Å². The smallest absolute Gasteiger partial charge is 0.378 e. The Bertz CT molecular complexity index is 1230. The van der Waals surface area contributed by atoms with Crippen LogP contribution in [0.15, 0.2) is 36.7 Å². The molecule has 0 aliphatic carbocycles. The topological polar surface area (TPSA) is 113 Å². The molecule has 4 rings (SSSR count). The molecule has 0 bridgehead atoms. The minimum absolute atomic E-state index is 0.00236. The highest BCUT2D eigenvalue weighted by Gasteiger charge is 2.22. The van der Waals surface area contributed by atoms with Crippen molar-refractivity contribution >= 4 is 40.2 Å². The summed E-state index contributed by atoms with van der Waals surface area (Å²) < 4.78 is 8.60. The summed E-state index contributed by atoms with van der Waals surface area (Å²) in [7, 11) is 0. The predicted octanol–water partition coefficient (Wildman–Crippen LogP) is 2.50. The number of para-hydroxylation sites is 1. The van der Waals surface area contributed by atoms with Gasteiger partial charge in [0.15, 0.2) is 5.78 Å². The Labute approximate surface area is 183 Å². The highest BCUT2D eigenvalue weighted by atomic mass is 16.6. The summed E-state index contributed by atoms with van der Waals surface area (Å²) in [6.45, 7) is 5.37. The van der Waals surface area contributed by atoms with E-state index in [1.54, 1.807) is 17.9 Å². The van der Waals surface area contributed by atoms with Crippen molar-refractivity contribution in [3.05, 3.63) is 58.2 Å². The Morgan fingerprint density at radius 1 is 1.22 bits per heavy atom. The number of Topliss-reactive ketones (excluding diaryl/α,β-unsaturated/α-hetero) is 1. The van der Waals surface area contributed by atoms with Gasteiger partial charge in [-0.25, -0.2) is 0 Å². The summed E-state index contributed by atoms with van der Waals surface area (Å²) >= 11 is 0. The third kappa shape index (κ3) is 4.17. The first-order valence-corrected chi connectivity index (χ1v) is 10.2. The molecule has 32 heavy (non-hydrogen) atoms. The number of allylic oxidation sites excluding steroid dienone is 1. The quantitative estimate of drug-likeness (QED) is 0.333. The molecule has 0 unspecified atom stereocenters. The Morgan fingerprint density at radius 3 is 2.59 bits per heavy atom. The fraction of sp³-hybridized carbons (Fsp3) is 0.318. The molecule has 0 atom stereocenters. The van der Waals surface area contributed by atoms with Crippen LogP contribution < -0.4 is 0 Å². The lowest BCUT2D eigenvalue weighted by molar-refractivity contribution is -0.389. The zero-order valence-electron chi connectivity index (χ0n) is 17.9. The van der Waals surface area contributed by atoms with Crippen molar-refractivity contribution in [2.24, 2.45) is 0 Å². The van der Waals surface area contributed by atoms with Gasteiger partial charge in [-0.3, -0.25) is 14.2 Å². The van der Waals surface area contributed by atoms with Gasteiger partial charge in [-0.05, 0) is 22.0 Å². The first-order valence-electron chi connectivity index (χ1n) is 10.2. The number of morpholine rings is 1. The predicted molar refractivity (Wildman–Crippen MR) is 118 cm³/mol. The lowest BCUT2D eigenvalue weighted by Crippen LogP contribution is -2.42. The van der Waals surface area contributed by atoms with E-state index >= 15 is 0 Å². The number of carbonyl (C=O) groups excluding carboxylic acids is 2. The molecule has 1 aliphatic heterocycles. The summed E-state index contributed by atoms with van der Waals surface area (Å²) in [4.78, 5) is 41.4. The molecule has 3 heterocycles. The number of ether oxygens (including phenoxy) is 1. The van der Waals surface area contributed by atoms with Gasteiger partial charge in [0.25, 0.3) is 0 Å². The monoisotopic (exact) mass is 437 g/mol. The van der Waals surface area contributed by atoms with Crippen molar-refractivity contribution in [2.75, 3.05) is 26.3 Å².